The number of carboxylic acids is 1. The Hall–Kier alpha value is -1.27. The Morgan fingerprint density at radius 2 is 2.04 bits per heavy atom. The van der Waals surface area contributed by atoms with Crippen LogP contribution in [-0.4, -0.2) is 46.0 Å². The van der Waals surface area contributed by atoms with Crippen molar-refractivity contribution in [3.8, 4) is 5.75 Å². The fourth-order valence-electron chi connectivity index (χ4n) is 3.60. The number of halogens is 2. The summed E-state index contributed by atoms with van der Waals surface area (Å²) in [6.07, 6.45) is 6.71. The molecule has 2 rings (SSSR count). The Morgan fingerprint density at radius 1 is 1.25 bits per heavy atom. The van der Waals surface area contributed by atoms with E-state index < -0.39 is 12.1 Å². The quantitative estimate of drug-likeness (QED) is 0.280. The molecule has 4 unspecified atom stereocenters. The maximum Gasteiger partial charge on any atom is 0.303 e. The van der Waals surface area contributed by atoms with E-state index in [1.54, 1.807) is 12.1 Å². The molecule has 5 nitrogen and oxygen atoms in total. The largest absolute Gasteiger partial charge is 0.493 e. The first-order chi connectivity index (χ1) is 13.4. The normalized spacial score (nSPS) is 24.7. The standard InChI is InChI=1S/C21H28Cl2O5/c22-15-9-14(7-8-24)10-16(11-15)28-13-18-17(19(23)12-20(18)25)5-3-1-2-4-6-21(26)27/h1,3,9-11,17-20,24-25H,2,4-8,12-13H2,(H,26,27)/b3-1-. The van der Waals surface area contributed by atoms with Gasteiger partial charge in [0.25, 0.3) is 0 Å². The summed E-state index contributed by atoms with van der Waals surface area (Å²) in [6, 6.07) is 5.36. The average molecular weight is 431 g/mol. The predicted molar refractivity (Wildman–Crippen MR) is 110 cm³/mol. The Kier molecular flexibility index (Phi) is 9.59. The van der Waals surface area contributed by atoms with E-state index in [2.05, 4.69) is 0 Å². The lowest BCUT2D eigenvalue weighted by Crippen LogP contribution is -2.27. The molecule has 7 heteroatoms. The van der Waals surface area contributed by atoms with Crippen LogP contribution in [0, 0.1) is 11.8 Å². The van der Waals surface area contributed by atoms with Gasteiger partial charge < -0.3 is 20.1 Å². The third-order valence-electron chi connectivity index (χ3n) is 5.09. The van der Waals surface area contributed by atoms with Crippen molar-refractivity contribution >= 4 is 29.2 Å². The van der Waals surface area contributed by atoms with Crippen molar-refractivity contribution in [3.05, 3.63) is 40.9 Å². The first kappa shape index (κ1) is 23.0. The van der Waals surface area contributed by atoms with Crippen LogP contribution in [0.3, 0.4) is 0 Å². The SMILES string of the molecule is O=C(O)CCC/C=C\CC1C(Cl)CC(O)C1COc1cc(Cl)cc(CCO)c1. The number of carboxylic acid groups (broad SMARTS) is 1. The topological polar surface area (TPSA) is 87.0 Å². The third-order valence-corrected chi connectivity index (χ3v) is 5.81. The van der Waals surface area contributed by atoms with Crippen molar-refractivity contribution in [2.24, 2.45) is 11.8 Å². The van der Waals surface area contributed by atoms with Gasteiger partial charge in [0.05, 0.1) is 12.7 Å². The van der Waals surface area contributed by atoms with Crippen LogP contribution in [0.2, 0.25) is 5.02 Å². The molecule has 1 aliphatic rings. The second kappa shape index (κ2) is 11.7. The van der Waals surface area contributed by atoms with Crippen LogP contribution in [0.15, 0.2) is 30.4 Å². The van der Waals surface area contributed by atoms with Crippen LogP contribution in [-0.2, 0) is 11.2 Å². The second-order valence-corrected chi connectivity index (χ2v) is 8.22. The molecule has 0 aliphatic heterocycles. The number of alkyl halides is 1. The summed E-state index contributed by atoms with van der Waals surface area (Å²) in [4.78, 5) is 10.5. The highest BCUT2D eigenvalue weighted by Gasteiger charge is 2.41. The average Bonchev–Trinajstić information content (AvgIpc) is 2.88. The molecule has 0 amide bonds. The van der Waals surface area contributed by atoms with Gasteiger partial charge in [-0.1, -0.05) is 23.8 Å². The molecule has 1 aromatic rings. The Bertz CT molecular complexity index is 664. The van der Waals surface area contributed by atoms with E-state index >= 15 is 0 Å². The van der Waals surface area contributed by atoms with Crippen molar-refractivity contribution in [1.82, 2.24) is 0 Å². The lowest BCUT2D eigenvalue weighted by molar-refractivity contribution is -0.137. The van der Waals surface area contributed by atoms with Crippen molar-refractivity contribution in [2.75, 3.05) is 13.2 Å². The van der Waals surface area contributed by atoms with E-state index in [0.717, 1.165) is 12.0 Å². The number of aliphatic hydroxyl groups is 2. The molecule has 0 saturated heterocycles. The van der Waals surface area contributed by atoms with Crippen LogP contribution in [0.4, 0.5) is 0 Å². The number of allylic oxidation sites excluding steroid dienone is 2. The number of unbranched alkanes of at least 4 members (excludes halogenated alkanes) is 1. The molecular weight excluding hydrogens is 403 g/mol. The zero-order chi connectivity index (χ0) is 20.5. The molecule has 0 heterocycles. The number of ether oxygens (including phenoxy) is 1. The lowest BCUT2D eigenvalue weighted by atomic mass is 9.92. The molecule has 1 fully saturated rings. The van der Waals surface area contributed by atoms with E-state index in [1.165, 1.54) is 0 Å². The minimum Gasteiger partial charge on any atom is -0.493 e. The molecule has 28 heavy (non-hydrogen) atoms. The molecule has 1 aromatic carbocycles. The molecule has 1 aliphatic carbocycles. The highest BCUT2D eigenvalue weighted by molar-refractivity contribution is 6.30. The number of carbonyl (C=O) groups is 1. The number of hydrogen-bond donors (Lipinski definition) is 3. The number of aliphatic hydroxyl groups excluding tert-OH is 2. The molecule has 4 atom stereocenters. The zero-order valence-corrected chi connectivity index (χ0v) is 17.3. The molecule has 0 spiro atoms. The molecule has 1 saturated carbocycles. The van der Waals surface area contributed by atoms with E-state index in [1.807, 2.05) is 18.2 Å². The van der Waals surface area contributed by atoms with E-state index in [9.17, 15) is 9.90 Å². The lowest BCUT2D eigenvalue weighted by Gasteiger charge is -2.23. The number of benzene rings is 1. The van der Waals surface area contributed by atoms with Crippen molar-refractivity contribution in [2.45, 2.75) is 50.0 Å². The molecule has 3 N–H and O–H groups in total. The number of aliphatic carboxylic acids is 1. The maximum atomic E-state index is 10.5. The fourth-order valence-corrected chi connectivity index (χ4v) is 4.32. The van der Waals surface area contributed by atoms with Gasteiger partial charge >= 0.3 is 5.97 Å². The molecule has 156 valence electrons. The van der Waals surface area contributed by atoms with Gasteiger partial charge in [-0.3, -0.25) is 4.79 Å². The highest BCUT2D eigenvalue weighted by Crippen LogP contribution is 2.39. The first-order valence-electron chi connectivity index (χ1n) is 9.62. The van der Waals surface area contributed by atoms with Crippen molar-refractivity contribution < 1.29 is 24.9 Å². The minimum absolute atomic E-state index is 0.0376. The van der Waals surface area contributed by atoms with Gasteiger partial charge in [-0.25, -0.2) is 0 Å². The smallest absolute Gasteiger partial charge is 0.303 e. The van der Waals surface area contributed by atoms with Crippen LogP contribution in [0.25, 0.3) is 0 Å². The highest BCUT2D eigenvalue weighted by atomic mass is 35.5. The van der Waals surface area contributed by atoms with Gasteiger partial charge in [-0.05, 0) is 61.8 Å². The van der Waals surface area contributed by atoms with Gasteiger partial charge in [-0.15, -0.1) is 11.6 Å². The van der Waals surface area contributed by atoms with Crippen LogP contribution in [0.1, 0.15) is 37.7 Å². The minimum atomic E-state index is -0.784. The summed E-state index contributed by atoms with van der Waals surface area (Å²) >= 11 is 12.6. The molecule has 0 radical (unpaired) electrons. The Morgan fingerprint density at radius 3 is 2.75 bits per heavy atom. The summed E-state index contributed by atoms with van der Waals surface area (Å²) in [6.45, 7) is 0.372. The van der Waals surface area contributed by atoms with Crippen molar-refractivity contribution in [1.29, 1.82) is 0 Å². The second-order valence-electron chi connectivity index (χ2n) is 7.22. The zero-order valence-electron chi connectivity index (χ0n) is 15.8. The van der Waals surface area contributed by atoms with Gasteiger partial charge in [-0.2, -0.15) is 0 Å². The van der Waals surface area contributed by atoms with Crippen LogP contribution >= 0.6 is 23.2 Å². The number of rotatable bonds is 11. The van der Waals surface area contributed by atoms with Crippen LogP contribution < -0.4 is 4.74 Å². The Balaban J connectivity index is 1.91. The molecule has 0 aromatic heterocycles. The summed E-state index contributed by atoms with van der Waals surface area (Å²) < 4.78 is 5.90. The van der Waals surface area contributed by atoms with Gasteiger partial charge in [0.2, 0.25) is 0 Å². The number of hydrogen-bond acceptors (Lipinski definition) is 4. The van der Waals surface area contributed by atoms with Crippen LogP contribution in [0.5, 0.6) is 5.75 Å². The summed E-state index contributed by atoms with van der Waals surface area (Å²) in [5, 5.41) is 28.6. The van der Waals surface area contributed by atoms with E-state index in [0.29, 0.717) is 43.1 Å². The van der Waals surface area contributed by atoms with E-state index in [-0.39, 0.29) is 30.2 Å². The van der Waals surface area contributed by atoms with E-state index in [4.69, 9.17) is 38.2 Å². The summed E-state index contributed by atoms with van der Waals surface area (Å²) in [5.41, 5.74) is 0.896. The predicted octanol–water partition coefficient (Wildman–Crippen LogP) is 4.06. The third kappa shape index (κ3) is 7.28. The van der Waals surface area contributed by atoms with Gasteiger partial charge in [0, 0.05) is 29.3 Å². The summed E-state index contributed by atoms with van der Waals surface area (Å²) in [5.74, 6) is -0.174. The summed E-state index contributed by atoms with van der Waals surface area (Å²) in [7, 11) is 0. The Labute approximate surface area is 175 Å². The van der Waals surface area contributed by atoms with Gasteiger partial charge in [0.1, 0.15) is 5.75 Å². The molecular formula is C21H28Cl2O5. The monoisotopic (exact) mass is 430 g/mol. The van der Waals surface area contributed by atoms with Gasteiger partial charge in [0.15, 0.2) is 0 Å². The first-order valence-corrected chi connectivity index (χ1v) is 10.4. The fraction of sp³-hybridized carbons (Fsp3) is 0.571. The maximum absolute atomic E-state index is 10.5. The molecule has 0 bridgehead atoms. The van der Waals surface area contributed by atoms with Crippen molar-refractivity contribution in [3.63, 3.8) is 0 Å².